The van der Waals surface area contributed by atoms with E-state index < -0.39 is 36.0 Å². The Bertz CT molecular complexity index is 853. The molecule has 0 spiro atoms. The number of hydrogen-bond acceptors (Lipinski definition) is 3. The van der Waals surface area contributed by atoms with Crippen LogP contribution in [0.4, 0.5) is 19.3 Å². The van der Waals surface area contributed by atoms with Crippen molar-refractivity contribution in [3.05, 3.63) is 35.9 Å². The van der Waals surface area contributed by atoms with Crippen molar-refractivity contribution in [1.29, 1.82) is 0 Å². The van der Waals surface area contributed by atoms with Crippen LogP contribution in [0, 0.1) is 11.6 Å². The molecule has 25 heavy (non-hydrogen) atoms. The predicted octanol–water partition coefficient (Wildman–Crippen LogP) is 3.51. The van der Waals surface area contributed by atoms with Crippen molar-refractivity contribution < 1.29 is 28.0 Å². The van der Waals surface area contributed by atoms with Gasteiger partial charge in [-0.25, -0.2) is 13.6 Å². The van der Waals surface area contributed by atoms with Crippen LogP contribution in [-0.4, -0.2) is 29.5 Å². The highest BCUT2D eigenvalue weighted by molar-refractivity contribution is 6.65. The van der Waals surface area contributed by atoms with Gasteiger partial charge in [-0.2, -0.15) is 0 Å². The van der Waals surface area contributed by atoms with Crippen molar-refractivity contribution in [3.63, 3.8) is 0 Å². The number of benzene rings is 2. The summed E-state index contributed by atoms with van der Waals surface area (Å²) in [4.78, 5) is 11.0. The first-order valence-corrected chi connectivity index (χ1v) is 7.79. The fourth-order valence-corrected chi connectivity index (χ4v) is 2.78. The van der Waals surface area contributed by atoms with Gasteiger partial charge in [0.1, 0.15) is 0 Å². The maximum absolute atomic E-state index is 14.5. The van der Waals surface area contributed by atoms with Gasteiger partial charge in [-0.3, -0.25) is 5.32 Å². The highest BCUT2D eigenvalue weighted by Crippen LogP contribution is 2.37. The van der Waals surface area contributed by atoms with Gasteiger partial charge in [-0.15, -0.1) is 0 Å². The lowest BCUT2D eigenvalue weighted by Crippen LogP contribution is -2.41. The molecule has 0 atom stereocenters. The molecule has 1 saturated heterocycles. The molecule has 0 saturated carbocycles. The van der Waals surface area contributed by atoms with E-state index in [9.17, 15) is 13.6 Å². The standard InChI is InChI=1S/C17H18BF2NO4/c1-16(2)17(3,4)25-18(24-16)11-8-10(21-15(22)23)7-9-5-6-12(19)14(20)13(9)11/h5-8,21H,1-4H3,(H,22,23). The number of nitrogens with one attached hydrogen (secondary N) is 1. The Labute approximate surface area is 144 Å². The fourth-order valence-electron chi connectivity index (χ4n) is 2.78. The van der Waals surface area contributed by atoms with Gasteiger partial charge < -0.3 is 14.4 Å². The molecule has 132 valence electrons. The average molecular weight is 349 g/mol. The van der Waals surface area contributed by atoms with E-state index in [1.54, 1.807) is 0 Å². The summed E-state index contributed by atoms with van der Waals surface area (Å²) in [6, 6.07) is 5.22. The zero-order chi connectivity index (χ0) is 18.6. The Morgan fingerprint density at radius 3 is 2.28 bits per heavy atom. The molecule has 2 aromatic rings. The van der Waals surface area contributed by atoms with E-state index in [1.807, 2.05) is 27.7 Å². The number of halogens is 2. The van der Waals surface area contributed by atoms with Crippen molar-refractivity contribution in [3.8, 4) is 0 Å². The van der Waals surface area contributed by atoms with Gasteiger partial charge in [-0.1, -0.05) is 6.07 Å². The monoisotopic (exact) mass is 349 g/mol. The predicted molar refractivity (Wildman–Crippen MR) is 91.2 cm³/mol. The molecule has 1 aliphatic rings. The fraction of sp³-hybridized carbons (Fsp3) is 0.353. The molecule has 1 aliphatic heterocycles. The van der Waals surface area contributed by atoms with Crippen LogP contribution in [0.5, 0.6) is 0 Å². The number of rotatable bonds is 2. The first-order chi connectivity index (χ1) is 11.5. The third-order valence-corrected chi connectivity index (χ3v) is 4.80. The Balaban J connectivity index is 2.21. The van der Waals surface area contributed by atoms with Crippen LogP contribution < -0.4 is 10.8 Å². The van der Waals surface area contributed by atoms with Crippen LogP contribution in [0.1, 0.15) is 27.7 Å². The van der Waals surface area contributed by atoms with Crippen LogP contribution in [0.3, 0.4) is 0 Å². The van der Waals surface area contributed by atoms with Crippen molar-refractivity contribution in [2.75, 3.05) is 5.32 Å². The number of carbonyl (C=O) groups is 1. The second-order valence-electron chi connectivity index (χ2n) is 7.04. The summed E-state index contributed by atoms with van der Waals surface area (Å²) in [5.74, 6) is -2.02. The Hall–Kier alpha value is -2.19. The summed E-state index contributed by atoms with van der Waals surface area (Å²) >= 11 is 0. The van der Waals surface area contributed by atoms with Crippen LogP contribution in [0.15, 0.2) is 24.3 Å². The van der Waals surface area contributed by atoms with Crippen molar-refractivity contribution in [2.45, 2.75) is 38.9 Å². The molecule has 2 aromatic carbocycles. The van der Waals surface area contributed by atoms with E-state index >= 15 is 0 Å². The second-order valence-corrected chi connectivity index (χ2v) is 7.04. The normalized spacial score (nSPS) is 18.6. The number of hydrogen-bond donors (Lipinski definition) is 2. The summed E-state index contributed by atoms with van der Waals surface area (Å²) in [5, 5.41) is 11.5. The van der Waals surface area contributed by atoms with E-state index in [4.69, 9.17) is 14.4 Å². The van der Waals surface area contributed by atoms with Gasteiger partial charge in [0, 0.05) is 11.1 Å². The minimum Gasteiger partial charge on any atom is -0.465 e. The summed E-state index contributed by atoms with van der Waals surface area (Å²) in [6.45, 7) is 7.36. The zero-order valence-electron chi connectivity index (χ0n) is 14.3. The molecular weight excluding hydrogens is 331 g/mol. The summed E-state index contributed by atoms with van der Waals surface area (Å²) in [6.07, 6.45) is -1.26. The van der Waals surface area contributed by atoms with E-state index in [1.165, 1.54) is 18.2 Å². The molecule has 0 unspecified atom stereocenters. The Kier molecular flexibility index (Phi) is 4.00. The van der Waals surface area contributed by atoms with Gasteiger partial charge in [0.25, 0.3) is 0 Å². The van der Waals surface area contributed by atoms with Crippen molar-refractivity contribution in [2.24, 2.45) is 0 Å². The lowest BCUT2D eigenvalue weighted by molar-refractivity contribution is 0.00578. The first-order valence-electron chi connectivity index (χ1n) is 7.79. The summed E-state index contributed by atoms with van der Waals surface area (Å²) < 4.78 is 40.1. The maximum Gasteiger partial charge on any atom is 0.495 e. The van der Waals surface area contributed by atoms with E-state index in [2.05, 4.69) is 5.32 Å². The lowest BCUT2D eigenvalue weighted by Gasteiger charge is -2.32. The van der Waals surface area contributed by atoms with Crippen LogP contribution in [0.2, 0.25) is 0 Å². The number of fused-ring (bicyclic) bond motifs is 1. The molecule has 8 heteroatoms. The van der Waals surface area contributed by atoms with Crippen LogP contribution in [-0.2, 0) is 9.31 Å². The molecule has 5 nitrogen and oxygen atoms in total. The van der Waals surface area contributed by atoms with Crippen molar-refractivity contribution in [1.82, 2.24) is 0 Å². The third-order valence-electron chi connectivity index (χ3n) is 4.80. The Morgan fingerprint density at radius 2 is 1.72 bits per heavy atom. The van der Waals surface area contributed by atoms with Gasteiger partial charge in [0.15, 0.2) is 11.6 Å². The van der Waals surface area contributed by atoms with Gasteiger partial charge in [0.05, 0.1) is 11.2 Å². The molecule has 0 aromatic heterocycles. The van der Waals surface area contributed by atoms with Crippen molar-refractivity contribution >= 4 is 35.1 Å². The third kappa shape index (κ3) is 2.96. The van der Waals surface area contributed by atoms with Gasteiger partial charge >= 0.3 is 13.2 Å². The van der Waals surface area contributed by atoms with Gasteiger partial charge in [0.2, 0.25) is 0 Å². The largest absolute Gasteiger partial charge is 0.495 e. The number of carboxylic acid groups (broad SMARTS) is 1. The zero-order valence-corrected chi connectivity index (χ0v) is 14.3. The molecule has 0 aliphatic carbocycles. The minimum atomic E-state index is -1.26. The Morgan fingerprint density at radius 1 is 1.12 bits per heavy atom. The number of amides is 1. The molecule has 1 heterocycles. The molecular formula is C17H18BF2NO4. The summed E-state index contributed by atoms with van der Waals surface area (Å²) in [5.41, 5.74) is -0.902. The smallest absolute Gasteiger partial charge is 0.465 e. The highest BCUT2D eigenvalue weighted by Gasteiger charge is 2.52. The minimum absolute atomic E-state index is 0.00874. The highest BCUT2D eigenvalue weighted by atomic mass is 19.2. The quantitative estimate of drug-likeness (QED) is 0.815. The van der Waals surface area contributed by atoms with E-state index in [0.717, 1.165) is 6.07 Å². The molecule has 2 N–H and O–H groups in total. The van der Waals surface area contributed by atoms with E-state index in [-0.39, 0.29) is 16.5 Å². The maximum atomic E-state index is 14.5. The first kappa shape index (κ1) is 17.6. The SMILES string of the molecule is CC1(C)OB(c2cc(NC(=O)O)cc3ccc(F)c(F)c23)OC1(C)C. The molecule has 0 radical (unpaired) electrons. The topological polar surface area (TPSA) is 67.8 Å². The van der Waals surface area contributed by atoms with Gasteiger partial charge in [-0.05, 0) is 56.7 Å². The van der Waals surface area contributed by atoms with E-state index in [0.29, 0.717) is 5.39 Å². The van der Waals surface area contributed by atoms with Crippen LogP contribution >= 0.6 is 0 Å². The molecule has 0 bridgehead atoms. The number of anilines is 1. The second kappa shape index (κ2) is 5.67. The lowest BCUT2D eigenvalue weighted by atomic mass is 9.75. The van der Waals surface area contributed by atoms with Crippen LogP contribution in [0.25, 0.3) is 10.8 Å². The average Bonchev–Trinajstić information content (AvgIpc) is 2.70. The molecule has 3 rings (SSSR count). The molecule has 1 amide bonds. The summed E-state index contributed by atoms with van der Waals surface area (Å²) in [7, 11) is -0.959. The molecule has 1 fully saturated rings.